The van der Waals surface area contributed by atoms with Crippen LogP contribution in [0.5, 0.6) is 0 Å². The first-order valence-electron chi connectivity index (χ1n) is 8.53. The van der Waals surface area contributed by atoms with Crippen molar-refractivity contribution in [2.75, 3.05) is 4.90 Å². The predicted molar refractivity (Wildman–Crippen MR) is 93.4 cm³/mol. The topological polar surface area (TPSA) is 108 Å². The van der Waals surface area contributed by atoms with E-state index in [4.69, 9.17) is 9.52 Å². The molecule has 1 N–H and O–H groups in total. The van der Waals surface area contributed by atoms with Crippen molar-refractivity contribution >= 4 is 29.4 Å². The highest BCUT2D eigenvalue weighted by Crippen LogP contribution is 2.27. The van der Waals surface area contributed by atoms with Gasteiger partial charge in [0.15, 0.2) is 0 Å². The molecule has 2 heterocycles. The SMILES string of the molecule is O=C(O)CCC(=O)N(Cc1ccco1)[C@H]1CC(=O)N(c2ccc(F)cc2)C1=O. The largest absolute Gasteiger partial charge is 0.481 e. The number of carbonyl (C=O) groups excluding carboxylic acids is 3. The second-order valence-electron chi connectivity index (χ2n) is 6.26. The van der Waals surface area contributed by atoms with Gasteiger partial charge in [0, 0.05) is 6.42 Å². The molecule has 0 saturated carbocycles. The van der Waals surface area contributed by atoms with E-state index in [1.807, 2.05) is 0 Å². The molecule has 9 heteroatoms. The van der Waals surface area contributed by atoms with Gasteiger partial charge in [-0.1, -0.05) is 0 Å². The van der Waals surface area contributed by atoms with Crippen LogP contribution in [0.2, 0.25) is 0 Å². The Morgan fingerprint density at radius 1 is 1.18 bits per heavy atom. The predicted octanol–water partition coefficient (Wildman–Crippen LogP) is 1.94. The molecule has 8 nitrogen and oxygen atoms in total. The van der Waals surface area contributed by atoms with Gasteiger partial charge in [-0.15, -0.1) is 0 Å². The summed E-state index contributed by atoms with van der Waals surface area (Å²) in [7, 11) is 0. The van der Waals surface area contributed by atoms with Crippen LogP contribution in [0.3, 0.4) is 0 Å². The number of carbonyl (C=O) groups is 4. The van der Waals surface area contributed by atoms with Crippen molar-refractivity contribution < 1.29 is 33.1 Å². The Hall–Kier alpha value is -3.49. The van der Waals surface area contributed by atoms with Gasteiger partial charge in [0.25, 0.3) is 5.91 Å². The van der Waals surface area contributed by atoms with Gasteiger partial charge in [-0.25, -0.2) is 9.29 Å². The fraction of sp³-hybridized carbons (Fsp3) is 0.263. The molecule has 1 aliphatic rings. The summed E-state index contributed by atoms with van der Waals surface area (Å²) in [5.74, 6) is -3.00. The standard InChI is InChI=1S/C19H17FN2O6/c20-12-3-5-13(6-4-12)22-17(24)10-15(19(22)27)21(11-14-2-1-9-28-14)16(23)7-8-18(25)26/h1-6,9,15H,7-8,10-11H2,(H,25,26)/t15-/m0/s1. The lowest BCUT2D eigenvalue weighted by Gasteiger charge is -2.26. The Morgan fingerprint density at radius 2 is 1.89 bits per heavy atom. The van der Waals surface area contributed by atoms with E-state index in [0.29, 0.717) is 5.76 Å². The van der Waals surface area contributed by atoms with Crippen LogP contribution >= 0.6 is 0 Å². The molecular weight excluding hydrogens is 371 g/mol. The number of benzene rings is 1. The summed E-state index contributed by atoms with van der Waals surface area (Å²) in [5, 5.41) is 8.82. The number of amides is 3. The number of aliphatic carboxylic acids is 1. The van der Waals surface area contributed by atoms with E-state index in [1.54, 1.807) is 12.1 Å². The molecule has 0 radical (unpaired) electrons. The quantitative estimate of drug-likeness (QED) is 0.727. The zero-order valence-corrected chi connectivity index (χ0v) is 14.7. The number of rotatable bonds is 7. The van der Waals surface area contributed by atoms with Crippen LogP contribution < -0.4 is 4.90 Å². The van der Waals surface area contributed by atoms with Crippen molar-refractivity contribution in [3.63, 3.8) is 0 Å². The van der Waals surface area contributed by atoms with E-state index in [2.05, 4.69) is 0 Å². The van der Waals surface area contributed by atoms with Gasteiger partial charge in [-0.2, -0.15) is 0 Å². The van der Waals surface area contributed by atoms with Crippen LogP contribution in [-0.2, 0) is 25.7 Å². The molecule has 3 amide bonds. The van der Waals surface area contributed by atoms with Crippen molar-refractivity contribution in [3.05, 3.63) is 54.2 Å². The Bertz CT molecular complexity index is 894. The Labute approximate surface area is 159 Å². The lowest BCUT2D eigenvalue weighted by Crippen LogP contribution is -2.45. The van der Waals surface area contributed by atoms with Crippen LogP contribution in [0.1, 0.15) is 25.0 Å². The van der Waals surface area contributed by atoms with Gasteiger partial charge < -0.3 is 14.4 Å². The lowest BCUT2D eigenvalue weighted by molar-refractivity contribution is -0.143. The van der Waals surface area contributed by atoms with Crippen LogP contribution in [0.4, 0.5) is 10.1 Å². The smallest absolute Gasteiger partial charge is 0.303 e. The van der Waals surface area contributed by atoms with Crippen molar-refractivity contribution in [1.29, 1.82) is 0 Å². The highest BCUT2D eigenvalue weighted by atomic mass is 19.1. The average Bonchev–Trinajstić information content (AvgIpc) is 3.26. The third-order valence-electron chi connectivity index (χ3n) is 4.36. The fourth-order valence-corrected chi connectivity index (χ4v) is 3.02. The molecule has 0 spiro atoms. The van der Waals surface area contributed by atoms with Crippen LogP contribution in [0.25, 0.3) is 0 Å². The van der Waals surface area contributed by atoms with Crippen LogP contribution in [-0.4, -0.2) is 39.7 Å². The number of hydrogen-bond donors (Lipinski definition) is 1. The highest BCUT2D eigenvalue weighted by molar-refractivity contribution is 6.23. The zero-order chi connectivity index (χ0) is 20.3. The van der Waals surface area contributed by atoms with E-state index in [-0.39, 0.29) is 25.1 Å². The number of halogens is 1. The Morgan fingerprint density at radius 3 is 2.50 bits per heavy atom. The van der Waals surface area contributed by atoms with E-state index < -0.39 is 42.0 Å². The minimum atomic E-state index is -1.15. The molecule has 1 fully saturated rings. The zero-order valence-electron chi connectivity index (χ0n) is 14.7. The first kappa shape index (κ1) is 19.3. The summed E-state index contributed by atoms with van der Waals surface area (Å²) < 4.78 is 18.4. The van der Waals surface area contributed by atoms with Gasteiger partial charge in [0.2, 0.25) is 11.8 Å². The van der Waals surface area contributed by atoms with Crippen LogP contribution in [0, 0.1) is 5.82 Å². The fourth-order valence-electron chi connectivity index (χ4n) is 3.02. The summed E-state index contributed by atoms with van der Waals surface area (Å²) in [5.41, 5.74) is 0.204. The molecule has 1 saturated heterocycles. The van der Waals surface area contributed by atoms with Gasteiger partial charge in [0.05, 0.1) is 31.3 Å². The van der Waals surface area contributed by atoms with Gasteiger partial charge in [-0.05, 0) is 36.4 Å². The van der Waals surface area contributed by atoms with E-state index in [1.165, 1.54) is 18.4 Å². The molecule has 2 aromatic rings. The van der Waals surface area contributed by atoms with E-state index >= 15 is 0 Å². The van der Waals surface area contributed by atoms with E-state index in [9.17, 15) is 23.6 Å². The summed E-state index contributed by atoms with van der Waals surface area (Å²) in [6, 6.07) is 6.98. The number of nitrogens with zero attached hydrogens (tertiary/aromatic N) is 2. The number of carboxylic acid groups (broad SMARTS) is 1. The Balaban J connectivity index is 1.85. The number of carboxylic acids is 1. The van der Waals surface area contributed by atoms with Gasteiger partial charge in [-0.3, -0.25) is 19.2 Å². The summed E-state index contributed by atoms with van der Waals surface area (Å²) in [6.07, 6.45) is 0.436. The third-order valence-corrected chi connectivity index (χ3v) is 4.36. The Kier molecular flexibility index (Phi) is 5.53. The highest BCUT2D eigenvalue weighted by Gasteiger charge is 2.44. The molecular formula is C19H17FN2O6. The molecule has 0 bridgehead atoms. The first-order chi connectivity index (χ1) is 13.4. The minimum Gasteiger partial charge on any atom is -0.481 e. The third kappa shape index (κ3) is 4.08. The first-order valence-corrected chi connectivity index (χ1v) is 8.53. The number of furan rings is 1. The maximum absolute atomic E-state index is 13.1. The maximum Gasteiger partial charge on any atom is 0.303 e. The van der Waals surface area contributed by atoms with Crippen molar-refractivity contribution in [2.45, 2.75) is 31.8 Å². The number of imide groups is 1. The molecule has 1 aromatic heterocycles. The monoisotopic (exact) mass is 388 g/mol. The van der Waals surface area contributed by atoms with Gasteiger partial charge >= 0.3 is 5.97 Å². The molecule has 3 rings (SSSR count). The molecule has 0 unspecified atom stereocenters. The summed E-state index contributed by atoms with van der Waals surface area (Å²) in [4.78, 5) is 50.8. The summed E-state index contributed by atoms with van der Waals surface area (Å²) in [6.45, 7) is -0.0770. The molecule has 0 aliphatic carbocycles. The molecule has 1 aromatic carbocycles. The number of anilines is 1. The van der Waals surface area contributed by atoms with Gasteiger partial charge in [0.1, 0.15) is 17.6 Å². The second-order valence-corrected chi connectivity index (χ2v) is 6.26. The minimum absolute atomic E-state index is 0.0770. The molecule has 28 heavy (non-hydrogen) atoms. The lowest BCUT2D eigenvalue weighted by atomic mass is 10.1. The van der Waals surface area contributed by atoms with Crippen molar-refractivity contribution in [3.8, 4) is 0 Å². The second kappa shape index (κ2) is 8.03. The maximum atomic E-state index is 13.1. The molecule has 1 atom stereocenters. The average molecular weight is 388 g/mol. The summed E-state index contributed by atoms with van der Waals surface area (Å²) >= 11 is 0. The van der Waals surface area contributed by atoms with Crippen molar-refractivity contribution in [1.82, 2.24) is 4.90 Å². The van der Waals surface area contributed by atoms with Crippen molar-refractivity contribution in [2.24, 2.45) is 0 Å². The van der Waals surface area contributed by atoms with E-state index in [0.717, 1.165) is 21.9 Å². The van der Waals surface area contributed by atoms with Crippen LogP contribution in [0.15, 0.2) is 47.1 Å². The number of hydrogen-bond acceptors (Lipinski definition) is 5. The molecule has 1 aliphatic heterocycles. The molecule has 146 valence electrons. The normalized spacial score (nSPS) is 16.5.